The highest BCUT2D eigenvalue weighted by molar-refractivity contribution is 5.84. The zero-order valence-electron chi connectivity index (χ0n) is 12.4. The standard InChI is InChI=1S/C14H28N2O3/c1-11(10-18-3)19-9-5-4-8-14(2,13(15)17)16-12-6-7-12/h11-12,16H,4-10H2,1-3H3,(H2,15,17). The zero-order valence-corrected chi connectivity index (χ0v) is 12.4. The summed E-state index contributed by atoms with van der Waals surface area (Å²) in [5.74, 6) is -0.256. The van der Waals surface area contributed by atoms with Gasteiger partial charge in [0.2, 0.25) is 5.91 Å². The van der Waals surface area contributed by atoms with Gasteiger partial charge in [-0.2, -0.15) is 0 Å². The molecule has 1 rings (SSSR count). The molecule has 1 aliphatic carbocycles. The van der Waals surface area contributed by atoms with Crippen molar-refractivity contribution < 1.29 is 14.3 Å². The van der Waals surface area contributed by atoms with Crippen LogP contribution in [0.3, 0.4) is 0 Å². The first-order valence-electron chi connectivity index (χ1n) is 7.16. The van der Waals surface area contributed by atoms with Gasteiger partial charge >= 0.3 is 0 Å². The molecule has 0 saturated heterocycles. The van der Waals surface area contributed by atoms with Gasteiger partial charge in [-0.25, -0.2) is 0 Å². The maximum Gasteiger partial charge on any atom is 0.237 e. The topological polar surface area (TPSA) is 73.6 Å². The van der Waals surface area contributed by atoms with E-state index in [1.807, 2.05) is 13.8 Å². The molecule has 1 fully saturated rings. The first-order valence-corrected chi connectivity index (χ1v) is 7.16. The Labute approximate surface area is 116 Å². The molecule has 1 saturated carbocycles. The Kier molecular flexibility index (Phi) is 6.75. The largest absolute Gasteiger partial charge is 0.382 e. The lowest BCUT2D eigenvalue weighted by molar-refractivity contribution is -0.124. The molecule has 0 aromatic carbocycles. The van der Waals surface area contributed by atoms with Crippen LogP contribution in [0.4, 0.5) is 0 Å². The SMILES string of the molecule is COCC(C)OCCCCC(C)(NC1CC1)C(N)=O. The lowest BCUT2D eigenvalue weighted by Crippen LogP contribution is -2.53. The number of unbranched alkanes of at least 4 members (excludes halogenated alkanes) is 1. The van der Waals surface area contributed by atoms with Gasteiger partial charge in [-0.1, -0.05) is 0 Å². The second kappa shape index (κ2) is 7.82. The Bertz CT molecular complexity index is 282. The van der Waals surface area contributed by atoms with Gasteiger partial charge in [-0.05, 0) is 46.0 Å². The summed E-state index contributed by atoms with van der Waals surface area (Å²) in [4.78, 5) is 11.6. The number of methoxy groups -OCH3 is 1. The van der Waals surface area contributed by atoms with E-state index in [9.17, 15) is 4.79 Å². The number of carbonyl (C=O) groups is 1. The fraction of sp³-hybridized carbons (Fsp3) is 0.929. The summed E-state index contributed by atoms with van der Waals surface area (Å²) in [6.45, 7) is 5.21. The Hall–Kier alpha value is -0.650. The van der Waals surface area contributed by atoms with Crippen LogP contribution in [0.25, 0.3) is 0 Å². The zero-order chi connectivity index (χ0) is 14.3. The molecule has 0 bridgehead atoms. The van der Waals surface area contributed by atoms with Gasteiger partial charge in [0.1, 0.15) is 0 Å². The second-order valence-corrected chi connectivity index (χ2v) is 5.71. The van der Waals surface area contributed by atoms with Crippen molar-refractivity contribution in [3.8, 4) is 0 Å². The third-order valence-corrected chi connectivity index (χ3v) is 3.52. The van der Waals surface area contributed by atoms with Crippen molar-refractivity contribution in [1.29, 1.82) is 0 Å². The number of carbonyl (C=O) groups excluding carboxylic acids is 1. The van der Waals surface area contributed by atoms with Gasteiger partial charge in [0, 0.05) is 19.8 Å². The molecular weight excluding hydrogens is 244 g/mol. The molecule has 0 aliphatic heterocycles. The molecular formula is C14H28N2O3. The van der Waals surface area contributed by atoms with Crippen LogP contribution in [0.2, 0.25) is 0 Å². The van der Waals surface area contributed by atoms with E-state index >= 15 is 0 Å². The van der Waals surface area contributed by atoms with E-state index in [0.717, 1.165) is 32.1 Å². The minimum absolute atomic E-state index is 0.122. The van der Waals surface area contributed by atoms with Crippen LogP contribution in [-0.4, -0.2) is 43.9 Å². The molecule has 0 radical (unpaired) electrons. The van der Waals surface area contributed by atoms with Crippen LogP contribution in [0.5, 0.6) is 0 Å². The van der Waals surface area contributed by atoms with Gasteiger partial charge < -0.3 is 20.5 Å². The Balaban J connectivity index is 2.16. The lowest BCUT2D eigenvalue weighted by atomic mass is 9.94. The fourth-order valence-electron chi connectivity index (χ4n) is 2.09. The van der Waals surface area contributed by atoms with E-state index in [0.29, 0.717) is 19.3 Å². The van der Waals surface area contributed by atoms with E-state index in [1.54, 1.807) is 7.11 Å². The van der Waals surface area contributed by atoms with Gasteiger partial charge in [-0.3, -0.25) is 4.79 Å². The van der Waals surface area contributed by atoms with Gasteiger partial charge in [0.15, 0.2) is 0 Å². The summed E-state index contributed by atoms with van der Waals surface area (Å²) < 4.78 is 10.6. The molecule has 19 heavy (non-hydrogen) atoms. The van der Waals surface area contributed by atoms with Crippen molar-refractivity contribution in [3.05, 3.63) is 0 Å². The summed E-state index contributed by atoms with van der Waals surface area (Å²) >= 11 is 0. The van der Waals surface area contributed by atoms with E-state index in [1.165, 1.54) is 0 Å². The fourth-order valence-corrected chi connectivity index (χ4v) is 2.09. The number of nitrogens with two attached hydrogens (primary N) is 1. The number of primary amides is 1. The van der Waals surface area contributed by atoms with Crippen LogP contribution < -0.4 is 11.1 Å². The monoisotopic (exact) mass is 272 g/mol. The van der Waals surface area contributed by atoms with E-state index < -0.39 is 5.54 Å². The molecule has 5 heteroatoms. The lowest BCUT2D eigenvalue weighted by Gasteiger charge is -2.27. The van der Waals surface area contributed by atoms with E-state index in [2.05, 4.69) is 5.32 Å². The summed E-state index contributed by atoms with van der Waals surface area (Å²) in [5, 5.41) is 3.35. The van der Waals surface area contributed by atoms with Crippen LogP contribution in [0, 0.1) is 0 Å². The maximum absolute atomic E-state index is 11.6. The second-order valence-electron chi connectivity index (χ2n) is 5.71. The first kappa shape index (κ1) is 16.4. The quantitative estimate of drug-likeness (QED) is 0.554. The number of hydrogen-bond acceptors (Lipinski definition) is 4. The van der Waals surface area contributed by atoms with Crippen molar-refractivity contribution in [2.75, 3.05) is 20.3 Å². The van der Waals surface area contributed by atoms with Crippen molar-refractivity contribution >= 4 is 5.91 Å². The highest BCUT2D eigenvalue weighted by atomic mass is 16.5. The third kappa shape index (κ3) is 6.36. The van der Waals surface area contributed by atoms with Crippen molar-refractivity contribution in [1.82, 2.24) is 5.32 Å². The summed E-state index contributed by atoms with van der Waals surface area (Å²) in [6, 6.07) is 0.482. The number of rotatable bonds is 11. The van der Waals surface area contributed by atoms with Crippen LogP contribution in [0.15, 0.2) is 0 Å². The summed E-state index contributed by atoms with van der Waals surface area (Å²) in [7, 11) is 1.67. The van der Waals surface area contributed by atoms with Gasteiger partial charge in [0.25, 0.3) is 0 Å². The van der Waals surface area contributed by atoms with Crippen LogP contribution in [0.1, 0.15) is 46.0 Å². The normalized spacial score (nSPS) is 19.9. The number of ether oxygens (including phenoxy) is 2. The van der Waals surface area contributed by atoms with E-state index in [-0.39, 0.29) is 12.0 Å². The Morgan fingerprint density at radius 2 is 2.16 bits per heavy atom. The van der Waals surface area contributed by atoms with Crippen molar-refractivity contribution in [2.24, 2.45) is 5.73 Å². The average Bonchev–Trinajstić information content (AvgIpc) is 3.12. The molecule has 3 N–H and O–H groups in total. The van der Waals surface area contributed by atoms with Crippen LogP contribution in [-0.2, 0) is 14.3 Å². The number of amides is 1. The highest BCUT2D eigenvalue weighted by Gasteiger charge is 2.36. The number of hydrogen-bond donors (Lipinski definition) is 2. The third-order valence-electron chi connectivity index (χ3n) is 3.52. The average molecular weight is 272 g/mol. The molecule has 1 amide bonds. The maximum atomic E-state index is 11.6. The Morgan fingerprint density at radius 1 is 1.47 bits per heavy atom. The minimum atomic E-state index is -0.570. The number of nitrogens with one attached hydrogen (secondary N) is 1. The van der Waals surface area contributed by atoms with Crippen molar-refractivity contribution in [3.63, 3.8) is 0 Å². The smallest absolute Gasteiger partial charge is 0.237 e. The Morgan fingerprint density at radius 3 is 2.68 bits per heavy atom. The molecule has 0 heterocycles. The molecule has 5 nitrogen and oxygen atoms in total. The molecule has 1 aliphatic rings. The highest BCUT2D eigenvalue weighted by Crippen LogP contribution is 2.25. The predicted molar refractivity (Wildman–Crippen MR) is 74.9 cm³/mol. The molecule has 112 valence electrons. The molecule has 0 aromatic rings. The first-order chi connectivity index (χ1) is 8.98. The van der Waals surface area contributed by atoms with Crippen molar-refractivity contribution in [2.45, 2.75) is 63.6 Å². The molecule has 2 atom stereocenters. The summed E-state index contributed by atoms with van der Waals surface area (Å²) in [5.41, 5.74) is 4.93. The minimum Gasteiger partial charge on any atom is -0.382 e. The van der Waals surface area contributed by atoms with Gasteiger partial charge in [0.05, 0.1) is 18.2 Å². The van der Waals surface area contributed by atoms with Gasteiger partial charge in [-0.15, -0.1) is 0 Å². The molecule has 0 spiro atoms. The van der Waals surface area contributed by atoms with Crippen LogP contribution >= 0.6 is 0 Å². The predicted octanol–water partition coefficient (Wildman–Crippen LogP) is 1.20. The van der Waals surface area contributed by atoms with E-state index in [4.69, 9.17) is 15.2 Å². The molecule has 0 aromatic heterocycles. The molecule has 2 unspecified atom stereocenters. The summed E-state index contributed by atoms with van der Waals surface area (Å²) in [6.07, 6.45) is 5.06.